The molecule has 2 N–H and O–H groups in total. The number of carboxylic acid groups (broad SMARTS) is 1. The van der Waals surface area contributed by atoms with Crippen LogP contribution in [0.1, 0.15) is 44.9 Å². The van der Waals surface area contributed by atoms with Crippen molar-refractivity contribution in [2.24, 2.45) is 5.41 Å². The second kappa shape index (κ2) is 6.42. The minimum absolute atomic E-state index is 0.185. The summed E-state index contributed by atoms with van der Waals surface area (Å²) in [6.45, 7) is 7.77. The quantitative estimate of drug-likeness (QED) is 0.817. The number of halogens is 1. The van der Waals surface area contributed by atoms with E-state index < -0.39 is 22.8 Å². The molecule has 1 saturated carbocycles. The van der Waals surface area contributed by atoms with Crippen LogP contribution in [0.5, 0.6) is 0 Å². The molecule has 1 heterocycles. The predicted octanol–water partition coefficient (Wildman–Crippen LogP) is 3.28. The molecule has 5 nitrogen and oxygen atoms in total. The van der Waals surface area contributed by atoms with Crippen molar-refractivity contribution in [2.45, 2.75) is 51.7 Å². The summed E-state index contributed by atoms with van der Waals surface area (Å²) in [6, 6.07) is 3.52. The highest BCUT2D eigenvalue weighted by molar-refractivity contribution is 7.16. The Kier molecular flexibility index (Phi) is 5.09. The van der Waals surface area contributed by atoms with E-state index in [9.17, 15) is 14.7 Å². The average molecular weight is 360 g/mol. The van der Waals surface area contributed by atoms with Gasteiger partial charge in [0.1, 0.15) is 5.54 Å². The minimum atomic E-state index is -1.31. The number of ether oxygens (including phenoxy) is 1. The summed E-state index contributed by atoms with van der Waals surface area (Å²) in [5.41, 5.74) is -1.99. The number of hydrogen-bond donors (Lipinski definition) is 2. The maximum absolute atomic E-state index is 12.6. The third-order valence-corrected chi connectivity index (χ3v) is 6.29. The van der Waals surface area contributed by atoms with Gasteiger partial charge < -0.3 is 15.2 Å². The van der Waals surface area contributed by atoms with Crippen LogP contribution in [0.25, 0.3) is 0 Å². The van der Waals surface area contributed by atoms with Crippen molar-refractivity contribution in [1.82, 2.24) is 5.32 Å². The average Bonchev–Trinajstić information content (AvgIpc) is 2.91. The molecule has 0 spiro atoms. The third-order valence-electron chi connectivity index (χ3n) is 4.88. The Labute approximate surface area is 145 Å². The second-order valence-electron chi connectivity index (χ2n) is 6.43. The van der Waals surface area contributed by atoms with E-state index in [1.54, 1.807) is 19.1 Å². The molecule has 3 atom stereocenters. The number of carbonyl (C=O) groups is 2. The van der Waals surface area contributed by atoms with Gasteiger partial charge in [-0.25, -0.2) is 4.79 Å². The van der Waals surface area contributed by atoms with Crippen LogP contribution < -0.4 is 5.32 Å². The summed E-state index contributed by atoms with van der Waals surface area (Å²) < 4.78 is 6.20. The number of aliphatic carboxylic acids is 1. The SMILES string of the molecule is CCOC1CC(NC(=O)C(C)c2ccc(Cl)s2)(C(=O)O)C1(C)C. The Morgan fingerprint density at radius 3 is 2.61 bits per heavy atom. The highest BCUT2D eigenvalue weighted by Crippen LogP contribution is 2.51. The van der Waals surface area contributed by atoms with Crippen LogP contribution in [0.4, 0.5) is 0 Å². The summed E-state index contributed by atoms with van der Waals surface area (Å²) in [7, 11) is 0. The first-order valence-electron chi connectivity index (χ1n) is 7.58. The van der Waals surface area contributed by atoms with E-state index in [2.05, 4.69) is 5.32 Å². The molecule has 23 heavy (non-hydrogen) atoms. The minimum Gasteiger partial charge on any atom is -0.479 e. The Morgan fingerprint density at radius 2 is 2.17 bits per heavy atom. The fourth-order valence-corrected chi connectivity index (χ4v) is 4.16. The van der Waals surface area contributed by atoms with E-state index in [0.717, 1.165) is 4.88 Å². The van der Waals surface area contributed by atoms with Gasteiger partial charge in [0.25, 0.3) is 0 Å². The molecule has 1 aliphatic carbocycles. The molecule has 0 aromatic carbocycles. The van der Waals surface area contributed by atoms with Gasteiger partial charge in [-0.1, -0.05) is 25.4 Å². The van der Waals surface area contributed by atoms with Crippen LogP contribution in [-0.2, 0) is 14.3 Å². The van der Waals surface area contributed by atoms with Gasteiger partial charge >= 0.3 is 5.97 Å². The van der Waals surface area contributed by atoms with Gasteiger partial charge in [0.15, 0.2) is 0 Å². The standard InChI is InChI=1S/C16H22ClNO4S/c1-5-22-11-8-16(14(20)21,15(11,3)4)18-13(19)9(2)10-6-7-12(17)23-10/h6-7,9,11H,5,8H2,1-4H3,(H,18,19)(H,20,21). The molecule has 0 bridgehead atoms. The van der Waals surface area contributed by atoms with Crippen LogP contribution in [0.15, 0.2) is 12.1 Å². The van der Waals surface area contributed by atoms with Gasteiger partial charge in [-0.2, -0.15) is 0 Å². The van der Waals surface area contributed by atoms with Gasteiger partial charge in [0.2, 0.25) is 5.91 Å². The van der Waals surface area contributed by atoms with Gasteiger partial charge in [0.05, 0.1) is 16.4 Å². The van der Waals surface area contributed by atoms with Gasteiger partial charge in [-0.05, 0) is 26.0 Å². The lowest BCUT2D eigenvalue weighted by Gasteiger charge is -2.58. The molecule has 1 fully saturated rings. The Hall–Kier alpha value is -1.11. The van der Waals surface area contributed by atoms with E-state index in [0.29, 0.717) is 10.9 Å². The number of carboxylic acids is 1. The van der Waals surface area contributed by atoms with Crippen molar-refractivity contribution in [3.8, 4) is 0 Å². The van der Waals surface area contributed by atoms with Crippen LogP contribution in [0, 0.1) is 5.41 Å². The molecule has 1 aliphatic rings. The molecule has 1 aromatic rings. The molecule has 0 saturated heterocycles. The highest BCUT2D eigenvalue weighted by atomic mass is 35.5. The first-order valence-corrected chi connectivity index (χ1v) is 8.77. The molecular formula is C16H22ClNO4S. The monoisotopic (exact) mass is 359 g/mol. The summed E-state index contributed by atoms with van der Waals surface area (Å²) in [5.74, 6) is -1.79. The normalized spacial score (nSPS) is 27.1. The van der Waals surface area contributed by atoms with Gasteiger partial charge in [0, 0.05) is 23.3 Å². The van der Waals surface area contributed by atoms with Crippen molar-refractivity contribution >= 4 is 34.8 Å². The number of thiophene rings is 1. The Bertz CT molecular complexity index is 615. The second-order valence-corrected chi connectivity index (χ2v) is 8.18. The molecular weight excluding hydrogens is 338 g/mol. The van der Waals surface area contributed by atoms with E-state index in [4.69, 9.17) is 16.3 Å². The summed E-state index contributed by atoms with van der Waals surface area (Å²) in [4.78, 5) is 25.3. The maximum Gasteiger partial charge on any atom is 0.330 e. The van der Waals surface area contributed by atoms with Crippen LogP contribution >= 0.6 is 22.9 Å². The number of rotatable bonds is 6. The smallest absolute Gasteiger partial charge is 0.330 e. The lowest BCUT2D eigenvalue weighted by molar-refractivity contribution is -0.194. The van der Waals surface area contributed by atoms with Crippen LogP contribution in [0.3, 0.4) is 0 Å². The number of nitrogens with one attached hydrogen (secondary N) is 1. The predicted molar refractivity (Wildman–Crippen MR) is 90.1 cm³/mol. The highest BCUT2D eigenvalue weighted by Gasteiger charge is 2.66. The zero-order valence-corrected chi connectivity index (χ0v) is 15.3. The third kappa shape index (κ3) is 2.99. The molecule has 3 unspecified atom stereocenters. The van der Waals surface area contributed by atoms with E-state index >= 15 is 0 Å². The fraction of sp³-hybridized carbons (Fsp3) is 0.625. The van der Waals surface area contributed by atoms with Gasteiger partial charge in [-0.15, -0.1) is 11.3 Å². The zero-order valence-electron chi connectivity index (χ0n) is 13.7. The number of carbonyl (C=O) groups excluding carboxylic acids is 1. The Morgan fingerprint density at radius 1 is 1.52 bits per heavy atom. The van der Waals surface area contributed by atoms with Gasteiger partial charge in [-0.3, -0.25) is 4.79 Å². The topological polar surface area (TPSA) is 75.6 Å². The Balaban J connectivity index is 2.18. The largest absolute Gasteiger partial charge is 0.479 e. The maximum atomic E-state index is 12.6. The summed E-state index contributed by atoms with van der Waals surface area (Å²) >= 11 is 7.23. The van der Waals surface area contributed by atoms with E-state index in [1.165, 1.54) is 11.3 Å². The van der Waals surface area contributed by atoms with Crippen molar-refractivity contribution in [1.29, 1.82) is 0 Å². The molecule has 0 aliphatic heterocycles. The molecule has 128 valence electrons. The molecule has 2 rings (SSSR count). The lowest BCUT2D eigenvalue weighted by Crippen LogP contribution is -2.76. The molecule has 1 amide bonds. The zero-order chi connectivity index (χ0) is 17.4. The van der Waals surface area contributed by atoms with Crippen molar-refractivity contribution in [2.75, 3.05) is 6.61 Å². The van der Waals surface area contributed by atoms with Crippen LogP contribution in [-0.4, -0.2) is 35.2 Å². The van der Waals surface area contributed by atoms with Crippen molar-refractivity contribution < 1.29 is 19.4 Å². The molecule has 0 radical (unpaired) electrons. The summed E-state index contributed by atoms with van der Waals surface area (Å²) in [5, 5.41) is 12.5. The molecule has 7 heteroatoms. The van der Waals surface area contributed by atoms with Crippen molar-refractivity contribution in [3.05, 3.63) is 21.3 Å². The number of amides is 1. The fourth-order valence-electron chi connectivity index (χ4n) is 3.05. The number of hydrogen-bond acceptors (Lipinski definition) is 4. The first kappa shape index (κ1) is 18.2. The first-order chi connectivity index (χ1) is 10.7. The summed E-state index contributed by atoms with van der Waals surface area (Å²) in [6.07, 6.45) is 0.0858. The lowest BCUT2D eigenvalue weighted by atomic mass is 9.54. The molecule has 1 aromatic heterocycles. The van der Waals surface area contributed by atoms with Crippen molar-refractivity contribution in [3.63, 3.8) is 0 Å². The van der Waals surface area contributed by atoms with Crippen LogP contribution in [0.2, 0.25) is 4.34 Å². The van der Waals surface area contributed by atoms with E-state index in [-0.39, 0.29) is 18.4 Å². The van der Waals surface area contributed by atoms with E-state index in [1.807, 2.05) is 20.8 Å².